The molecule has 56 heavy (non-hydrogen) atoms. The highest BCUT2D eigenvalue weighted by molar-refractivity contribution is 6.12. The second kappa shape index (κ2) is 13.1. The Kier molecular flexibility index (Phi) is 7.46. The van der Waals surface area contributed by atoms with Crippen LogP contribution in [0.2, 0.25) is 0 Å². The molecule has 0 atom stereocenters. The van der Waals surface area contributed by atoms with Crippen molar-refractivity contribution in [3.05, 3.63) is 206 Å². The zero-order valence-corrected chi connectivity index (χ0v) is 30.4. The lowest BCUT2D eigenvalue weighted by Gasteiger charge is -2.12. The largest absolute Gasteiger partial charge is 0.309 e. The lowest BCUT2D eigenvalue weighted by Crippen LogP contribution is -1.96. The van der Waals surface area contributed by atoms with Crippen LogP contribution in [0, 0.1) is 0 Å². The fraction of sp³-hybridized carbons (Fsp3) is 0. The van der Waals surface area contributed by atoms with Gasteiger partial charge in [-0.3, -0.25) is 4.57 Å². The van der Waals surface area contributed by atoms with Crippen LogP contribution in [0.1, 0.15) is 0 Å². The van der Waals surface area contributed by atoms with Crippen molar-refractivity contribution in [1.82, 2.24) is 19.1 Å². The van der Waals surface area contributed by atoms with Gasteiger partial charge in [-0.25, -0.2) is 9.97 Å². The molecular weight excluding hydrogens is 681 g/mol. The third-order valence-corrected chi connectivity index (χ3v) is 11.0. The monoisotopic (exact) mass is 714 g/mol. The summed E-state index contributed by atoms with van der Waals surface area (Å²) in [6.07, 6.45) is 1.88. The van der Waals surface area contributed by atoms with E-state index in [1.165, 1.54) is 38.3 Å². The van der Waals surface area contributed by atoms with Crippen LogP contribution in [-0.4, -0.2) is 19.1 Å². The number of rotatable bonds is 6. The SMILES string of the molecule is c1ccc(-c2cc(-c3ccccc3)nc(-c3ccc(-n4c5cc(-c6ccc7c(c6)c6ccccc6n7-c6ccccc6)ccc5c5cccnc54)cc3)c2)cc1. The first-order valence-electron chi connectivity index (χ1n) is 19.0. The van der Waals surface area contributed by atoms with E-state index in [2.05, 4.69) is 197 Å². The van der Waals surface area contributed by atoms with E-state index in [9.17, 15) is 0 Å². The van der Waals surface area contributed by atoms with Gasteiger partial charge in [0.2, 0.25) is 0 Å². The number of fused-ring (bicyclic) bond motifs is 6. The van der Waals surface area contributed by atoms with Gasteiger partial charge >= 0.3 is 0 Å². The van der Waals surface area contributed by atoms with Crippen LogP contribution < -0.4 is 0 Å². The summed E-state index contributed by atoms with van der Waals surface area (Å²) in [5.74, 6) is 0. The summed E-state index contributed by atoms with van der Waals surface area (Å²) < 4.78 is 4.65. The molecule has 11 aromatic rings. The van der Waals surface area contributed by atoms with Crippen LogP contribution >= 0.6 is 0 Å². The normalized spacial score (nSPS) is 11.6. The third kappa shape index (κ3) is 5.31. The van der Waals surface area contributed by atoms with E-state index in [1.54, 1.807) is 0 Å². The Labute approximate surface area is 324 Å². The Bertz CT molecular complexity index is 3160. The van der Waals surface area contributed by atoms with Crippen molar-refractivity contribution >= 4 is 43.7 Å². The summed E-state index contributed by atoms with van der Waals surface area (Å²) in [4.78, 5) is 10.1. The van der Waals surface area contributed by atoms with Crippen molar-refractivity contribution in [2.45, 2.75) is 0 Å². The van der Waals surface area contributed by atoms with Crippen molar-refractivity contribution < 1.29 is 0 Å². The Morgan fingerprint density at radius 3 is 1.62 bits per heavy atom. The van der Waals surface area contributed by atoms with Crippen LogP contribution in [0.5, 0.6) is 0 Å². The van der Waals surface area contributed by atoms with Crippen LogP contribution in [0.4, 0.5) is 0 Å². The van der Waals surface area contributed by atoms with Gasteiger partial charge in [-0.2, -0.15) is 0 Å². The minimum absolute atomic E-state index is 0.934. The van der Waals surface area contributed by atoms with E-state index in [4.69, 9.17) is 9.97 Å². The smallest absolute Gasteiger partial charge is 0.145 e. The molecule has 4 heteroatoms. The first kappa shape index (κ1) is 31.9. The average Bonchev–Trinajstić information content (AvgIpc) is 3.79. The van der Waals surface area contributed by atoms with E-state index < -0.39 is 0 Å². The van der Waals surface area contributed by atoms with Crippen LogP contribution in [0.15, 0.2) is 206 Å². The third-order valence-electron chi connectivity index (χ3n) is 11.0. The van der Waals surface area contributed by atoms with Gasteiger partial charge in [-0.15, -0.1) is 0 Å². The maximum atomic E-state index is 5.18. The average molecular weight is 715 g/mol. The molecule has 0 amide bonds. The molecule has 0 saturated carbocycles. The molecule has 0 bridgehead atoms. The van der Waals surface area contributed by atoms with Crippen molar-refractivity contribution in [3.8, 4) is 56.1 Å². The van der Waals surface area contributed by atoms with Crippen molar-refractivity contribution in [2.75, 3.05) is 0 Å². The van der Waals surface area contributed by atoms with Gasteiger partial charge in [-0.1, -0.05) is 127 Å². The van der Waals surface area contributed by atoms with E-state index in [0.717, 1.165) is 61.6 Å². The molecule has 0 N–H and O–H groups in total. The molecule has 11 rings (SSSR count). The topological polar surface area (TPSA) is 35.6 Å². The maximum absolute atomic E-state index is 5.18. The molecule has 262 valence electrons. The number of hydrogen-bond acceptors (Lipinski definition) is 2. The lowest BCUT2D eigenvalue weighted by atomic mass is 10.00. The molecule has 0 aliphatic heterocycles. The summed E-state index contributed by atoms with van der Waals surface area (Å²) in [6, 6.07) is 71.3. The zero-order chi connectivity index (χ0) is 37.0. The van der Waals surface area contributed by atoms with Gasteiger partial charge in [0.1, 0.15) is 5.65 Å². The Balaban J connectivity index is 1.03. The number of nitrogens with zero attached hydrogens (tertiary/aromatic N) is 4. The predicted octanol–water partition coefficient (Wildman–Crippen LogP) is 13.3. The van der Waals surface area contributed by atoms with E-state index >= 15 is 0 Å². The fourth-order valence-electron chi connectivity index (χ4n) is 8.31. The summed E-state index contributed by atoms with van der Waals surface area (Å²) in [6.45, 7) is 0. The highest BCUT2D eigenvalue weighted by Crippen LogP contribution is 2.38. The number of para-hydroxylation sites is 2. The molecule has 4 aromatic heterocycles. The van der Waals surface area contributed by atoms with Gasteiger partial charge < -0.3 is 4.57 Å². The molecule has 0 aliphatic rings. The quantitative estimate of drug-likeness (QED) is 0.172. The Morgan fingerprint density at radius 1 is 0.304 bits per heavy atom. The van der Waals surface area contributed by atoms with Crippen LogP contribution in [0.25, 0.3) is 99.9 Å². The molecule has 0 spiro atoms. The Morgan fingerprint density at radius 2 is 0.857 bits per heavy atom. The zero-order valence-electron chi connectivity index (χ0n) is 30.4. The van der Waals surface area contributed by atoms with E-state index in [1.807, 2.05) is 18.3 Å². The van der Waals surface area contributed by atoms with E-state index in [-0.39, 0.29) is 0 Å². The number of aromatic nitrogens is 4. The molecule has 4 heterocycles. The Hall–Kier alpha value is -7.56. The first-order valence-corrected chi connectivity index (χ1v) is 19.0. The highest BCUT2D eigenvalue weighted by atomic mass is 15.0. The molecule has 0 aliphatic carbocycles. The van der Waals surface area contributed by atoms with Gasteiger partial charge in [0.25, 0.3) is 0 Å². The second-order valence-electron chi connectivity index (χ2n) is 14.3. The number of pyridine rings is 2. The van der Waals surface area contributed by atoms with Gasteiger partial charge in [0.15, 0.2) is 0 Å². The molecule has 0 unspecified atom stereocenters. The lowest BCUT2D eigenvalue weighted by molar-refractivity contribution is 1.14. The van der Waals surface area contributed by atoms with E-state index in [0.29, 0.717) is 0 Å². The van der Waals surface area contributed by atoms with Crippen molar-refractivity contribution in [1.29, 1.82) is 0 Å². The summed E-state index contributed by atoms with van der Waals surface area (Å²) >= 11 is 0. The molecule has 4 nitrogen and oxygen atoms in total. The molecule has 7 aromatic carbocycles. The summed E-state index contributed by atoms with van der Waals surface area (Å²) in [5.41, 5.74) is 15.3. The van der Waals surface area contributed by atoms with Gasteiger partial charge in [0, 0.05) is 50.2 Å². The first-order chi connectivity index (χ1) is 27.8. The molecule has 0 saturated heterocycles. The predicted molar refractivity (Wildman–Crippen MR) is 232 cm³/mol. The van der Waals surface area contributed by atoms with Gasteiger partial charge in [-0.05, 0) is 95.1 Å². The second-order valence-corrected chi connectivity index (χ2v) is 14.3. The number of hydrogen-bond donors (Lipinski definition) is 0. The minimum atomic E-state index is 0.934. The standard InChI is InChI=1S/C52H34N4/c1-4-13-35(14-5-1)40-32-47(36-15-6-2-7-16-36)54-48(33-40)37-22-26-42(27-23-37)56-51-34-39(24-28-44(51)45-20-12-30-53-52(45)56)38-25-29-50-46(31-38)43-19-10-11-21-49(43)55(50)41-17-8-3-9-18-41/h1-34H. The van der Waals surface area contributed by atoms with Crippen LogP contribution in [0.3, 0.4) is 0 Å². The van der Waals surface area contributed by atoms with Gasteiger partial charge in [0.05, 0.1) is 27.9 Å². The maximum Gasteiger partial charge on any atom is 0.145 e. The van der Waals surface area contributed by atoms with Crippen molar-refractivity contribution in [2.24, 2.45) is 0 Å². The summed E-state index contributed by atoms with van der Waals surface area (Å²) in [7, 11) is 0. The van der Waals surface area contributed by atoms with Crippen molar-refractivity contribution in [3.63, 3.8) is 0 Å². The minimum Gasteiger partial charge on any atom is -0.309 e. The highest BCUT2D eigenvalue weighted by Gasteiger charge is 2.17. The molecule has 0 fully saturated rings. The fourth-order valence-corrected chi connectivity index (χ4v) is 8.31. The number of benzene rings is 7. The molecular formula is C52H34N4. The molecule has 0 radical (unpaired) electrons. The van der Waals surface area contributed by atoms with Crippen LogP contribution in [-0.2, 0) is 0 Å². The summed E-state index contributed by atoms with van der Waals surface area (Å²) in [5, 5.41) is 4.78.